The van der Waals surface area contributed by atoms with Crippen LogP contribution >= 0.6 is 0 Å². The molecule has 1 fully saturated rings. The summed E-state index contributed by atoms with van der Waals surface area (Å²) in [6, 6.07) is 13.6. The standard InChI is InChI=1S/C22H28N2O5S/c1-16(2)17-5-9-19(10-6-17)29-15-22(25)24-18-7-11-21(12-8-18)30(26,27)23-14-20-4-3-13-28-20/h5-12,16,20,23H,3-4,13-15H2,1-2H3,(H,24,25). The molecule has 162 valence electrons. The molecule has 8 heteroatoms. The highest BCUT2D eigenvalue weighted by Gasteiger charge is 2.20. The summed E-state index contributed by atoms with van der Waals surface area (Å²) in [6.45, 7) is 5.02. The second kappa shape index (κ2) is 10.1. The molecule has 1 unspecified atom stereocenters. The first-order valence-electron chi connectivity index (χ1n) is 10.1. The number of hydrogen-bond donors (Lipinski definition) is 2. The largest absolute Gasteiger partial charge is 0.484 e. The summed E-state index contributed by atoms with van der Waals surface area (Å²) in [5, 5.41) is 2.70. The van der Waals surface area contributed by atoms with E-state index in [9.17, 15) is 13.2 Å². The van der Waals surface area contributed by atoms with Crippen molar-refractivity contribution in [1.82, 2.24) is 4.72 Å². The van der Waals surface area contributed by atoms with Gasteiger partial charge < -0.3 is 14.8 Å². The number of amides is 1. The zero-order valence-electron chi connectivity index (χ0n) is 17.3. The fraction of sp³-hybridized carbons (Fsp3) is 0.409. The number of rotatable bonds is 9. The average molecular weight is 433 g/mol. The predicted octanol–water partition coefficient (Wildman–Crippen LogP) is 3.28. The summed E-state index contributed by atoms with van der Waals surface area (Å²) in [6.07, 6.45) is 1.74. The molecule has 7 nitrogen and oxygen atoms in total. The molecule has 1 heterocycles. The van der Waals surface area contributed by atoms with Crippen LogP contribution in [0.2, 0.25) is 0 Å². The third-order valence-corrected chi connectivity index (χ3v) is 6.33. The molecule has 1 aliphatic rings. The minimum atomic E-state index is -3.62. The van der Waals surface area contributed by atoms with Gasteiger partial charge in [0.2, 0.25) is 10.0 Å². The normalized spacial score (nSPS) is 16.6. The van der Waals surface area contributed by atoms with E-state index in [1.807, 2.05) is 24.3 Å². The Morgan fingerprint density at radius 3 is 2.43 bits per heavy atom. The number of carbonyl (C=O) groups is 1. The highest BCUT2D eigenvalue weighted by Crippen LogP contribution is 2.19. The number of anilines is 1. The van der Waals surface area contributed by atoms with Crippen LogP contribution in [0.3, 0.4) is 0 Å². The fourth-order valence-corrected chi connectivity index (χ4v) is 4.17. The number of ether oxygens (including phenoxy) is 2. The molecule has 0 aromatic heterocycles. The maximum absolute atomic E-state index is 12.4. The van der Waals surface area contributed by atoms with Crippen molar-refractivity contribution in [2.75, 3.05) is 25.1 Å². The van der Waals surface area contributed by atoms with Crippen LogP contribution in [-0.4, -0.2) is 40.2 Å². The summed E-state index contributed by atoms with van der Waals surface area (Å²) in [7, 11) is -3.62. The third kappa shape index (κ3) is 6.29. The van der Waals surface area contributed by atoms with Crippen molar-refractivity contribution in [3.05, 3.63) is 54.1 Å². The van der Waals surface area contributed by atoms with Crippen molar-refractivity contribution < 1.29 is 22.7 Å². The van der Waals surface area contributed by atoms with Gasteiger partial charge in [-0.15, -0.1) is 0 Å². The van der Waals surface area contributed by atoms with Gasteiger partial charge in [0.1, 0.15) is 5.75 Å². The number of sulfonamides is 1. The van der Waals surface area contributed by atoms with Gasteiger partial charge in [0.15, 0.2) is 6.61 Å². The Morgan fingerprint density at radius 2 is 1.83 bits per heavy atom. The zero-order chi connectivity index (χ0) is 21.6. The van der Waals surface area contributed by atoms with Crippen LogP contribution in [0.15, 0.2) is 53.4 Å². The fourth-order valence-electron chi connectivity index (χ4n) is 3.10. The lowest BCUT2D eigenvalue weighted by Crippen LogP contribution is -2.31. The van der Waals surface area contributed by atoms with Gasteiger partial charge in [-0.1, -0.05) is 26.0 Å². The molecule has 0 bridgehead atoms. The van der Waals surface area contributed by atoms with Gasteiger partial charge >= 0.3 is 0 Å². The van der Waals surface area contributed by atoms with E-state index in [2.05, 4.69) is 23.9 Å². The smallest absolute Gasteiger partial charge is 0.262 e. The summed E-state index contributed by atoms with van der Waals surface area (Å²) >= 11 is 0. The van der Waals surface area contributed by atoms with Gasteiger partial charge in [-0.25, -0.2) is 13.1 Å². The molecular formula is C22H28N2O5S. The van der Waals surface area contributed by atoms with Gasteiger partial charge in [0.05, 0.1) is 11.0 Å². The molecule has 0 aliphatic carbocycles. The van der Waals surface area contributed by atoms with Gasteiger partial charge in [-0.3, -0.25) is 4.79 Å². The van der Waals surface area contributed by atoms with Crippen molar-refractivity contribution in [3.8, 4) is 5.75 Å². The molecule has 2 aromatic carbocycles. The van der Waals surface area contributed by atoms with Gasteiger partial charge in [-0.2, -0.15) is 0 Å². The topological polar surface area (TPSA) is 93.7 Å². The Labute approximate surface area is 177 Å². The van der Waals surface area contributed by atoms with Crippen LogP contribution < -0.4 is 14.8 Å². The first-order chi connectivity index (χ1) is 14.3. The Kier molecular flexibility index (Phi) is 7.47. The third-order valence-electron chi connectivity index (χ3n) is 4.89. The SMILES string of the molecule is CC(C)c1ccc(OCC(=O)Nc2ccc(S(=O)(=O)NCC3CCCO3)cc2)cc1. The molecule has 1 saturated heterocycles. The molecule has 0 radical (unpaired) electrons. The van der Waals surface area contributed by atoms with Gasteiger partial charge in [0.25, 0.3) is 5.91 Å². The van der Waals surface area contributed by atoms with E-state index in [4.69, 9.17) is 9.47 Å². The van der Waals surface area contributed by atoms with Crippen LogP contribution in [0.4, 0.5) is 5.69 Å². The second-order valence-electron chi connectivity index (χ2n) is 7.57. The van der Waals surface area contributed by atoms with E-state index in [1.54, 1.807) is 12.1 Å². The minimum Gasteiger partial charge on any atom is -0.484 e. The van der Waals surface area contributed by atoms with E-state index in [0.29, 0.717) is 24.0 Å². The Balaban J connectivity index is 1.48. The maximum atomic E-state index is 12.4. The lowest BCUT2D eigenvalue weighted by Gasteiger charge is -2.12. The Bertz CT molecular complexity index is 934. The lowest BCUT2D eigenvalue weighted by atomic mass is 10.0. The van der Waals surface area contributed by atoms with Crippen LogP contribution in [-0.2, 0) is 19.6 Å². The maximum Gasteiger partial charge on any atom is 0.262 e. The summed E-state index contributed by atoms with van der Waals surface area (Å²) < 4.78 is 38.2. The molecule has 3 rings (SSSR count). The van der Waals surface area contributed by atoms with Gasteiger partial charge in [0, 0.05) is 18.8 Å². The lowest BCUT2D eigenvalue weighted by molar-refractivity contribution is -0.118. The molecule has 1 amide bonds. The summed E-state index contributed by atoms with van der Waals surface area (Å²) in [5.41, 5.74) is 1.70. The summed E-state index contributed by atoms with van der Waals surface area (Å²) in [5.74, 6) is 0.726. The van der Waals surface area contributed by atoms with Crippen LogP contribution in [0.5, 0.6) is 5.75 Å². The highest BCUT2D eigenvalue weighted by molar-refractivity contribution is 7.89. The molecule has 2 N–H and O–H groups in total. The molecule has 0 spiro atoms. The van der Waals surface area contributed by atoms with E-state index < -0.39 is 10.0 Å². The van der Waals surface area contributed by atoms with Crippen molar-refractivity contribution in [1.29, 1.82) is 0 Å². The van der Waals surface area contributed by atoms with Crippen molar-refractivity contribution in [2.24, 2.45) is 0 Å². The molecule has 1 atom stereocenters. The number of benzene rings is 2. The van der Waals surface area contributed by atoms with E-state index in [0.717, 1.165) is 12.8 Å². The number of carbonyl (C=O) groups excluding carboxylic acids is 1. The van der Waals surface area contributed by atoms with Crippen LogP contribution in [0.25, 0.3) is 0 Å². The molecule has 30 heavy (non-hydrogen) atoms. The van der Waals surface area contributed by atoms with E-state index in [1.165, 1.54) is 17.7 Å². The molecule has 0 saturated carbocycles. The van der Waals surface area contributed by atoms with E-state index in [-0.39, 0.29) is 30.1 Å². The van der Waals surface area contributed by atoms with Crippen molar-refractivity contribution in [3.63, 3.8) is 0 Å². The van der Waals surface area contributed by atoms with Crippen LogP contribution in [0, 0.1) is 0 Å². The quantitative estimate of drug-likeness (QED) is 0.634. The Morgan fingerprint density at radius 1 is 1.13 bits per heavy atom. The number of nitrogens with one attached hydrogen (secondary N) is 2. The molecule has 1 aliphatic heterocycles. The minimum absolute atomic E-state index is 0.0695. The first-order valence-corrected chi connectivity index (χ1v) is 11.6. The number of hydrogen-bond acceptors (Lipinski definition) is 5. The molecule has 2 aromatic rings. The summed E-state index contributed by atoms with van der Waals surface area (Å²) in [4.78, 5) is 12.3. The molecular weight excluding hydrogens is 404 g/mol. The van der Waals surface area contributed by atoms with Crippen molar-refractivity contribution in [2.45, 2.75) is 43.6 Å². The van der Waals surface area contributed by atoms with Crippen LogP contribution in [0.1, 0.15) is 38.2 Å². The monoisotopic (exact) mass is 432 g/mol. The average Bonchev–Trinajstić information content (AvgIpc) is 3.25. The highest BCUT2D eigenvalue weighted by atomic mass is 32.2. The van der Waals surface area contributed by atoms with Crippen molar-refractivity contribution >= 4 is 21.6 Å². The Hall–Kier alpha value is -2.42. The van der Waals surface area contributed by atoms with Gasteiger partial charge in [-0.05, 0) is 60.7 Å². The second-order valence-corrected chi connectivity index (χ2v) is 9.34. The first kappa shape index (κ1) is 22.3. The van der Waals surface area contributed by atoms with E-state index >= 15 is 0 Å². The predicted molar refractivity (Wildman–Crippen MR) is 115 cm³/mol. The zero-order valence-corrected chi connectivity index (χ0v) is 18.1.